The van der Waals surface area contributed by atoms with E-state index in [4.69, 9.17) is 4.74 Å². The Morgan fingerprint density at radius 1 is 0.622 bits per heavy atom. The lowest BCUT2D eigenvalue weighted by Crippen LogP contribution is -1.91. The lowest BCUT2D eigenvalue weighted by molar-refractivity contribution is -0.386. The average molecular weight is 498 g/mol. The number of hydrogen-bond acceptors (Lipinski definition) is 9. The normalized spacial score (nSPS) is 11.1. The average Bonchev–Trinajstić information content (AvgIpc) is 2.89. The Hall–Kier alpha value is -5.58. The van der Waals surface area contributed by atoms with Gasteiger partial charge in [0, 0.05) is 35.7 Å². The number of hydrogen-bond donors (Lipinski definition) is 2. The number of phenolic OH excluding ortho intramolecular Hbond substituents is 2. The second-order valence-electron chi connectivity index (χ2n) is 7.55. The van der Waals surface area contributed by atoms with E-state index in [2.05, 4.69) is 9.98 Å². The van der Waals surface area contributed by atoms with Gasteiger partial charge in [0.15, 0.2) is 0 Å². The Bertz CT molecular complexity index is 1400. The Morgan fingerprint density at radius 3 is 1.35 bits per heavy atom. The number of aromatic hydroxyl groups is 2. The Morgan fingerprint density at radius 2 is 1.00 bits per heavy atom. The van der Waals surface area contributed by atoms with Crippen LogP contribution in [0.25, 0.3) is 0 Å². The van der Waals surface area contributed by atoms with Gasteiger partial charge in [-0.05, 0) is 60.7 Å². The molecule has 37 heavy (non-hydrogen) atoms. The molecule has 0 radical (unpaired) electrons. The quantitative estimate of drug-likeness (QED) is 0.166. The molecule has 0 saturated heterocycles. The van der Waals surface area contributed by atoms with Gasteiger partial charge in [-0.25, -0.2) is 0 Å². The van der Waals surface area contributed by atoms with Gasteiger partial charge < -0.3 is 14.9 Å². The van der Waals surface area contributed by atoms with Gasteiger partial charge in [0.1, 0.15) is 11.5 Å². The molecule has 0 bridgehead atoms. The molecule has 0 aromatic heterocycles. The molecule has 4 aromatic carbocycles. The third-order valence-electron chi connectivity index (χ3n) is 5.10. The number of nitro benzene ring substituents is 2. The summed E-state index contributed by atoms with van der Waals surface area (Å²) in [7, 11) is 0. The van der Waals surface area contributed by atoms with Gasteiger partial charge in [0.25, 0.3) is 0 Å². The Labute approximate surface area is 209 Å². The van der Waals surface area contributed by atoms with Crippen molar-refractivity contribution < 1.29 is 24.8 Å². The summed E-state index contributed by atoms with van der Waals surface area (Å²) in [5, 5.41) is 41.9. The van der Waals surface area contributed by atoms with Crippen LogP contribution >= 0.6 is 0 Å². The molecule has 0 spiro atoms. The van der Waals surface area contributed by atoms with Crippen molar-refractivity contribution in [3.8, 4) is 23.0 Å². The molecule has 0 atom stereocenters. The zero-order chi connectivity index (χ0) is 26.4. The van der Waals surface area contributed by atoms with Gasteiger partial charge in [-0.15, -0.1) is 0 Å². The van der Waals surface area contributed by atoms with Crippen molar-refractivity contribution in [1.82, 2.24) is 0 Å². The molecule has 0 aliphatic carbocycles. The molecule has 0 amide bonds. The minimum Gasteiger partial charge on any atom is -0.502 e. The molecule has 2 N–H and O–H groups in total. The third-order valence-corrected chi connectivity index (χ3v) is 5.10. The van der Waals surface area contributed by atoms with Crippen LogP contribution in [0.5, 0.6) is 23.0 Å². The van der Waals surface area contributed by atoms with Crippen LogP contribution in [0.15, 0.2) is 94.9 Å². The summed E-state index contributed by atoms with van der Waals surface area (Å²) >= 11 is 0. The molecule has 0 saturated carbocycles. The molecule has 11 nitrogen and oxygen atoms in total. The SMILES string of the molecule is O=[N+]([O-])c1cccc(C=Nc2ccc(Oc3ccc(N=Cc4cccc([N+](=O)[O-])c4O)cc3)cc2)c1O. The molecule has 184 valence electrons. The monoisotopic (exact) mass is 498 g/mol. The highest BCUT2D eigenvalue weighted by Gasteiger charge is 2.16. The maximum atomic E-state index is 10.9. The van der Waals surface area contributed by atoms with Crippen LogP contribution in [-0.2, 0) is 0 Å². The summed E-state index contributed by atoms with van der Waals surface area (Å²) < 4.78 is 5.80. The van der Waals surface area contributed by atoms with Crippen molar-refractivity contribution >= 4 is 35.2 Å². The van der Waals surface area contributed by atoms with Crippen molar-refractivity contribution in [1.29, 1.82) is 0 Å². The van der Waals surface area contributed by atoms with Crippen molar-refractivity contribution in [2.75, 3.05) is 0 Å². The first kappa shape index (κ1) is 24.5. The number of ether oxygens (including phenoxy) is 1. The number of rotatable bonds is 8. The highest BCUT2D eigenvalue weighted by molar-refractivity contribution is 5.88. The van der Waals surface area contributed by atoms with E-state index >= 15 is 0 Å². The predicted molar refractivity (Wildman–Crippen MR) is 137 cm³/mol. The molecule has 0 unspecified atom stereocenters. The van der Waals surface area contributed by atoms with E-state index in [1.807, 2.05) is 0 Å². The van der Waals surface area contributed by atoms with E-state index in [9.17, 15) is 30.4 Å². The zero-order valence-corrected chi connectivity index (χ0v) is 19.0. The zero-order valence-electron chi connectivity index (χ0n) is 19.0. The molecular formula is C26H18N4O7. The predicted octanol–water partition coefficient (Wildman–Crippen LogP) is 6.21. The fourth-order valence-corrected chi connectivity index (χ4v) is 3.23. The van der Waals surface area contributed by atoms with Crippen LogP contribution in [0.1, 0.15) is 11.1 Å². The van der Waals surface area contributed by atoms with Gasteiger partial charge in [-0.3, -0.25) is 30.2 Å². The first-order valence-electron chi connectivity index (χ1n) is 10.7. The van der Waals surface area contributed by atoms with Crippen molar-refractivity contribution in [3.05, 3.63) is 116 Å². The summed E-state index contributed by atoms with van der Waals surface area (Å²) in [6.07, 6.45) is 2.68. The highest BCUT2D eigenvalue weighted by Crippen LogP contribution is 2.30. The smallest absolute Gasteiger partial charge is 0.311 e. The second kappa shape index (κ2) is 10.8. The van der Waals surface area contributed by atoms with Crippen LogP contribution < -0.4 is 4.74 Å². The Balaban J connectivity index is 1.40. The fourth-order valence-electron chi connectivity index (χ4n) is 3.23. The van der Waals surface area contributed by atoms with Gasteiger partial charge >= 0.3 is 11.4 Å². The molecular weight excluding hydrogens is 480 g/mol. The summed E-state index contributed by atoms with van der Waals surface area (Å²) in [5.41, 5.74) is 0.744. The summed E-state index contributed by atoms with van der Waals surface area (Å²) in [6.45, 7) is 0. The first-order chi connectivity index (χ1) is 17.8. The summed E-state index contributed by atoms with van der Waals surface area (Å²) in [6, 6.07) is 21.9. The molecule has 4 rings (SSSR count). The van der Waals surface area contributed by atoms with Crippen LogP contribution in [0, 0.1) is 20.2 Å². The molecule has 11 heteroatoms. The Kier molecular flexibility index (Phi) is 7.15. The summed E-state index contributed by atoms with van der Waals surface area (Å²) in [5.74, 6) is 0.168. The molecule has 4 aromatic rings. The van der Waals surface area contributed by atoms with E-state index in [0.29, 0.717) is 22.9 Å². The number of phenols is 2. The number of benzene rings is 4. The topological polar surface area (TPSA) is 161 Å². The van der Waals surface area contributed by atoms with E-state index in [-0.39, 0.29) is 11.1 Å². The van der Waals surface area contributed by atoms with Crippen molar-refractivity contribution in [2.45, 2.75) is 0 Å². The van der Waals surface area contributed by atoms with Gasteiger partial charge in [-0.2, -0.15) is 0 Å². The lowest BCUT2D eigenvalue weighted by Gasteiger charge is -2.06. The van der Waals surface area contributed by atoms with E-state index < -0.39 is 32.7 Å². The van der Waals surface area contributed by atoms with Crippen LogP contribution in [-0.4, -0.2) is 32.5 Å². The van der Waals surface area contributed by atoms with Crippen LogP contribution in [0.4, 0.5) is 22.7 Å². The van der Waals surface area contributed by atoms with Gasteiger partial charge in [-0.1, -0.05) is 12.1 Å². The molecule has 0 aliphatic heterocycles. The maximum Gasteiger partial charge on any atom is 0.311 e. The van der Waals surface area contributed by atoms with Gasteiger partial charge in [0.2, 0.25) is 11.5 Å². The second-order valence-corrected chi connectivity index (χ2v) is 7.55. The maximum absolute atomic E-state index is 10.9. The minimum atomic E-state index is -0.667. The third kappa shape index (κ3) is 5.92. The molecule has 0 heterocycles. The standard InChI is InChI=1S/C26H18N4O7/c31-25-17(3-1-5-23(25)29(33)34)15-27-19-7-11-21(12-8-19)37-22-13-9-20(10-14-22)28-16-18-4-2-6-24(26(18)32)30(35)36/h1-16,31-32H. The number of nitro groups is 2. The lowest BCUT2D eigenvalue weighted by atomic mass is 10.2. The highest BCUT2D eigenvalue weighted by atomic mass is 16.6. The minimum absolute atomic E-state index is 0.220. The number of nitrogens with zero attached hydrogens (tertiary/aromatic N) is 4. The largest absolute Gasteiger partial charge is 0.502 e. The van der Waals surface area contributed by atoms with Gasteiger partial charge in [0.05, 0.1) is 21.2 Å². The molecule has 0 aliphatic rings. The number of aliphatic imine (C=N–C) groups is 2. The summed E-state index contributed by atoms with van der Waals surface area (Å²) in [4.78, 5) is 29.0. The van der Waals surface area contributed by atoms with E-state index in [1.165, 1.54) is 48.8 Å². The van der Waals surface area contributed by atoms with Crippen molar-refractivity contribution in [3.63, 3.8) is 0 Å². The fraction of sp³-hybridized carbons (Fsp3) is 0. The van der Waals surface area contributed by atoms with E-state index in [0.717, 1.165) is 0 Å². The first-order valence-corrected chi connectivity index (χ1v) is 10.7. The molecule has 0 fully saturated rings. The van der Waals surface area contributed by atoms with Crippen LogP contribution in [0.3, 0.4) is 0 Å². The number of para-hydroxylation sites is 2. The van der Waals surface area contributed by atoms with Crippen LogP contribution in [0.2, 0.25) is 0 Å². The van der Waals surface area contributed by atoms with Crippen molar-refractivity contribution in [2.24, 2.45) is 9.98 Å². The van der Waals surface area contributed by atoms with E-state index in [1.54, 1.807) is 48.5 Å².